The first-order valence-corrected chi connectivity index (χ1v) is 12.3. The van der Waals surface area contributed by atoms with Crippen molar-refractivity contribution in [2.75, 3.05) is 49.1 Å². The molecule has 0 unspecified atom stereocenters. The molecule has 1 N–H and O–H groups in total. The number of nitrogens with one attached hydrogen (secondary N) is 1. The Morgan fingerprint density at radius 2 is 1.73 bits per heavy atom. The van der Waals surface area contributed by atoms with E-state index in [0.29, 0.717) is 26.2 Å². The summed E-state index contributed by atoms with van der Waals surface area (Å²) in [5.74, 6) is 0.905. The summed E-state index contributed by atoms with van der Waals surface area (Å²) in [6.07, 6.45) is 5.27. The van der Waals surface area contributed by atoms with Gasteiger partial charge in [-0.1, -0.05) is 0 Å². The summed E-state index contributed by atoms with van der Waals surface area (Å²) in [5.41, 5.74) is -0.0188. The number of rotatable bonds is 5. The molecule has 11 nitrogen and oxygen atoms in total. The van der Waals surface area contributed by atoms with Gasteiger partial charge >= 0.3 is 0 Å². The van der Waals surface area contributed by atoms with Crippen LogP contribution in [0.5, 0.6) is 0 Å². The zero-order chi connectivity index (χ0) is 22.8. The molecule has 2 fully saturated rings. The Morgan fingerprint density at radius 1 is 0.939 bits per heavy atom. The molecule has 5 rings (SSSR count). The number of nitrogens with zero attached hydrogens (tertiary/aromatic N) is 8. The molecule has 0 amide bonds. The second-order valence-electron chi connectivity index (χ2n) is 8.03. The van der Waals surface area contributed by atoms with Crippen molar-refractivity contribution in [1.29, 1.82) is 0 Å². The van der Waals surface area contributed by atoms with Gasteiger partial charge in [0.25, 0.3) is 0 Å². The Bertz CT molecular complexity index is 1210. The molecular formula is C20H24FN9O2S. The Balaban J connectivity index is 1.30. The van der Waals surface area contributed by atoms with Gasteiger partial charge in [-0.15, -0.1) is 10.2 Å². The van der Waals surface area contributed by atoms with Gasteiger partial charge in [-0.25, -0.2) is 17.8 Å². The van der Waals surface area contributed by atoms with E-state index in [-0.39, 0.29) is 16.3 Å². The molecule has 1 aromatic carbocycles. The van der Waals surface area contributed by atoms with Crippen LogP contribution in [-0.4, -0.2) is 82.6 Å². The number of sulfonamides is 1. The van der Waals surface area contributed by atoms with E-state index in [2.05, 4.69) is 35.4 Å². The Labute approximate surface area is 190 Å². The molecule has 0 spiro atoms. The topological polar surface area (TPSA) is 124 Å². The number of piperidine rings is 1. The first kappa shape index (κ1) is 21.6. The number of H-pyrrole nitrogens is 1. The number of aromatic nitrogens is 6. The van der Waals surface area contributed by atoms with E-state index < -0.39 is 15.8 Å². The summed E-state index contributed by atoms with van der Waals surface area (Å²) in [7, 11) is -3.81. The van der Waals surface area contributed by atoms with Crippen LogP contribution in [0.3, 0.4) is 0 Å². The van der Waals surface area contributed by atoms with Crippen LogP contribution < -0.4 is 9.80 Å². The van der Waals surface area contributed by atoms with Crippen LogP contribution >= 0.6 is 0 Å². The number of aromatic amines is 1. The highest BCUT2D eigenvalue weighted by Gasteiger charge is 2.30. The highest BCUT2D eigenvalue weighted by atomic mass is 32.2. The van der Waals surface area contributed by atoms with Gasteiger partial charge in [-0.3, -0.25) is 0 Å². The minimum Gasteiger partial charge on any atom is -0.354 e. The summed E-state index contributed by atoms with van der Waals surface area (Å²) in [6.45, 7) is 3.49. The van der Waals surface area contributed by atoms with Crippen molar-refractivity contribution in [2.24, 2.45) is 0 Å². The molecule has 0 saturated carbocycles. The summed E-state index contributed by atoms with van der Waals surface area (Å²) >= 11 is 0. The van der Waals surface area contributed by atoms with Gasteiger partial charge in [0.05, 0.1) is 10.5 Å². The molecule has 2 saturated heterocycles. The van der Waals surface area contributed by atoms with Crippen LogP contribution in [0.15, 0.2) is 35.4 Å². The van der Waals surface area contributed by atoms with Gasteiger partial charge < -0.3 is 9.80 Å². The average Bonchev–Trinajstić information content (AvgIpc) is 3.40. The van der Waals surface area contributed by atoms with Gasteiger partial charge in [-0.05, 0) is 48.7 Å². The second kappa shape index (κ2) is 8.98. The fourth-order valence-corrected chi connectivity index (χ4v) is 5.63. The zero-order valence-corrected chi connectivity index (χ0v) is 18.7. The van der Waals surface area contributed by atoms with E-state index in [1.165, 1.54) is 22.9 Å². The largest absolute Gasteiger partial charge is 0.354 e. The predicted molar refractivity (Wildman–Crippen MR) is 119 cm³/mol. The first-order chi connectivity index (χ1) is 16.0. The average molecular weight is 474 g/mol. The molecule has 0 aliphatic carbocycles. The number of hydrogen-bond donors (Lipinski definition) is 1. The molecule has 3 aromatic rings. The van der Waals surface area contributed by atoms with Crippen LogP contribution in [0.4, 0.5) is 16.2 Å². The Kier molecular flexibility index (Phi) is 5.89. The van der Waals surface area contributed by atoms with Crippen molar-refractivity contribution in [3.8, 4) is 11.4 Å². The maximum Gasteiger partial charge on any atom is 0.243 e. The van der Waals surface area contributed by atoms with Gasteiger partial charge in [0, 0.05) is 45.5 Å². The minimum absolute atomic E-state index is 0.00244. The van der Waals surface area contributed by atoms with Crippen LogP contribution in [0.2, 0.25) is 0 Å². The highest BCUT2D eigenvalue weighted by molar-refractivity contribution is 7.89. The van der Waals surface area contributed by atoms with E-state index >= 15 is 0 Å². The molecule has 13 heteroatoms. The third-order valence-corrected chi connectivity index (χ3v) is 7.89. The van der Waals surface area contributed by atoms with Crippen molar-refractivity contribution >= 4 is 21.8 Å². The second-order valence-corrected chi connectivity index (χ2v) is 9.97. The van der Waals surface area contributed by atoms with E-state index in [1.54, 1.807) is 6.20 Å². The number of hydrogen-bond acceptors (Lipinski definition) is 9. The molecule has 2 aliphatic heterocycles. The maximum absolute atomic E-state index is 14.2. The summed E-state index contributed by atoms with van der Waals surface area (Å²) < 4.78 is 42.0. The molecule has 0 bridgehead atoms. The lowest BCUT2D eigenvalue weighted by Gasteiger charge is -2.35. The van der Waals surface area contributed by atoms with Gasteiger partial charge in [0.15, 0.2) is 0 Å². The normalized spacial score (nSPS) is 18.0. The van der Waals surface area contributed by atoms with Crippen LogP contribution in [-0.2, 0) is 10.0 Å². The van der Waals surface area contributed by atoms with Crippen molar-refractivity contribution in [1.82, 2.24) is 34.9 Å². The van der Waals surface area contributed by atoms with Crippen molar-refractivity contribution in [3.05, 3.63) is 36.3 Å². The third-order valence-electron chi connectivity index (χ3n) is 5.99. The van der Waals surface area contributed by atoms with Gasteiger partial charge in [-0.2, -0.15) is 14.5 Å². The van der Waals surface area contributed by atoms with Crippen molar-refractivity contribution in [2.45, 2.75) is 24.2 Å². The predicted octanol–water partition coefficient (Wildman–Crippen LogP) is 1.30. The maximum atomic E-state index is 14.2. The van der Waals surface area contributed by atoms with Gasteiger partial charge in [0.1, 0.15) is 11.6 Å². The van der Waals surface area contributed by atoms with Gasteiger partial charge in [0.2, 0.25) is 21.8 Å². The molecule has 2 aromatic heterocycles. The minimum atomic E-state index is -3.81. The smallest absolute Gasteiger partial charge is 0.243 e. The van der Waals surface area contributed by atoms with Crippen LogP contribution in [0.1, 0.15) is 19.3 Å². The number of benzene rings is 1. The summed E-state index contributed by atoms with van der Waals surface area (Å²) in [6, 6.07) is 5.47. The molecule has 0 atom stereocenters. The van der Waals surface area contributed by atoms with Crippen LogP contribution in [0.25, 0.3) is 11.4 Å². The quantitative estimate of drug-likeness (QED) is 0.584. The van der Waals surface area contributed by atoms with E-state index in [4.69, 9.17) is 4.98 Å². The lowest BCUT2D eigenvalue weighted by atomic mass is 10.1. The third kappa shape index (κ3) is 4.37. The fraction of sp³-hybridized carbons (Fsp3) is 0.450. The zero-order valence-electron chi connectivity index (χ0n) is 17.9. The fourth-order valence-electron chi connectivity index (χ4n) is 4.18. The van der Waals surface area contributed by atoms with Crippen molar-refractivity contribution in [3.63, 3.8) is 0 Å². The number of piperazine rings is 1. The van der Waals surface area contributed by atoms with E-state index in [1.807, 2.05) is 6.07 Å². The van der Waals surface area contributed by atoms with Crippen molar-refractivity contribution < 1.29 is 12.8 Å². The molecule has 4 heterocycles. The SMILES string of the molecule is O=S(=O)(c1ccc(F)c(-c2nn[nH]n2)c1)N1CCN(c2ccnc(N3CCCCC3)n2)CC1. The van der Waals surface area contributed by atoms with Crippen LogP contribution in [0, 0.1) is 5.82 Å². The van der Waals surface area contributed by atoms with E-state index in [9.17, 15) is 12.8 Å². The number of tetrazole rings is 1. The molecular weight excluding hydrogens is 449 g/mol. The Morgan fingerprint density at radius 3 is 2.45 bits per heavy atom. The highest BCUT2D eigenvalue weighted by Crippen LogP contribution is 2.26. The first-order valence-electron chi connectivity index (χ1n) is 10.9. The number of halogens is 1. The summed E-state index contributed by atoms with van der Waals surface area (Å²) in [4.78, 5) is 13.4. The number of anilines is 2. The summed E-state index contributed by atoms with van der Waals surface area (Å²) in [5, 5.41) is 13.2. The monoisotopic (exact) mass is 473 g/mol. The van der Waals surface area contributed by atoms with E-state index in [0.717, 1.165) is 43.8 Å². The lowest BCUT2D eigenvalue weighted by molar-refractivity contribution is 0.383. The molecule has 174 valence electrons. The molecule has 0 radical (unpaired) electrons. The lowest BCUT2D eigenvalue weighted by Crippen LogP contribution is -2.49. The Hall–Kier alpha value is -3.19. The standard InChI is InChI=1S/C20H24FN9O2S/c21-17-5-4-15(14-16(17)19-24-26-27-25-19)33(31,32)30-12-10-28(11-13-30)18-6-7-22-20(23-18)29-8-2-1-3-9-29/h4-7,14H,1-3,8-13H2,(H,24,25,26,27). The molecule has 33 heavy (non-hydrogen) atoms. The molecule has 2 aliphatic rings.